The number of H-pyrrole nitrogens is 1. The third-order valence-corrected chi connectivity index (χ3v) is 2.95. The van der Waals surface area contributed by atoms with E-state index in [9.17, 15) is 0 Å². The van der Waals surface area contributed by atoms with Crippen LogP contribution in [0.5, 0.6) is 5.75 Å². The molecule has 0 amide bonds. The van der Waals surface area contributed by atoms with Gasteiger partial charge in [0.15, 0.2) is 0 Å². The van der Waals surface area contributed by atoms with Crippen LogP contribution in [0.15, 0.2) is 24.4 Å². The van der Waals surface area contributed by atoms with Gasteiger partial charge >= 0.3 is 0 Å². The van der Waals surface area contributed by atoms with Gasteiger partial charge in [-0.05, 0) is 30.2 Å². The van der Waals surface area contributed by atoms with Gasteiger partial charge in [-0.1, -0.05) is 12.2 Å². The van der Waals surface area contributed by atoms with Crippen LogP contribution >= 0.6 is 24.8 Å². The third kappa shape index (κ3) is 2.92. The Balaban J connectivity index is 2.19. The fourth-order valence-electron chi connectivity index (χ4n) is 1.80. The number of thiocarbonyl (C=S) groups is 1. The van der Waals surface area contributed by atoms with Gasteiger partial charge in [0.2, 0.25) is 0 Å². The number of hydrogen-bond donors (Lipinski definition) is 3. The molecule has 0 fully saturated rings. The van der Waals surface area contributed by atoms with E-state index in [-0.39, 0.29) is 0 Å². The lowest BCUT2D eigenvalue weighted by Gasteiger charge is -2.03. The monoisotopic (exact) mass is 266 g/mol. The number of ether oxygens (including phenoxy) is 1. The van der Waals surface area contributed by atoms with Gasteiger partial charge in [0, 0.05) is 23.6 Å². The Bertz CT molecular complexity index is 536. The molecular formula is C12H14N2OS2. The van der Waals surface area contributed by atoms with Gasteiger partial charge in [0.1, 0.15) is 10.1 Å². The zero-order valence-corrected chi connectivity index (χ0v) is 11.2. The van der Waals surface area contributed by atoms with Crippen LogP contribution < -0.4 is 10.1 Å². The fourth-order valence-corrected chi connectivity index (χ4v) is 2.01. The number of rotatable bonds is 4. The zero-order valence-electron chi connectivity index (χ0n) is 9.49. The first-order valence-electron chi connectivity index (χ1n) is 5.31. The van der Waals surface area contributed by atoms with Crippen molar-refractivity contribution in [2.45, 2.75) is 6.42 Å². The van der Waals surface area contributed by atoms with Gasteiger partial charge in [-0.2, -0.15) is 0 Å². The van der Waals surface area contributed by atoms with Crippen molar-refractivity contribution in [1.82, 2.24) is 10.3 Å². The van der Waals surface area contributed by atoms with Gasteiger partial charge in [0.25, 0.3) is 0 Å². The average molecular weight is 266 g/mol. The molecule has 0 saturated carbocycles. The fraction of sp³-hybridized carbons (Fsp3) is 0.250. The van der Waals surface area contributed by atoms with E-state index in [1.165, 1.54) is 10.9 Å². The number of thiol groups is 1. The van der Waals surface area contributed by atoms with Crippen molar-refractivity contribution in [3.63, 3.8) is 0 Å². The van der Waals surface area contributed by atoms with Gasteiger partial charge in [-0.15, -0.1) is 12.6 Å². The summed E-state index contributed by atoms with van der Waals surface area (Å²) in [4.78, 5) is 3.24. The van der Waals surface area contributed by atoms with E-state index in [2.05, 4.69) is 22.9 Å². The largest absolute Gasteiger partial charge is 0.497 e. The minimum atomic E-state index is 0.530. The summed E-state index contributed by atoms with van der Waals surface area (Å²) in [5.41, 5.74) is 2.37. The Morgan fingerprint density at radius 3 is 3.06 bits per heavy atom. The number of aromatic nitrogens is 1. The maximum atomic E-state index is 5.23. The second-order valence-corrected chi connectivity index (χ2v) is 4.87. The highest BCUT2D eigenvalue weighted by Crippen LogP contribution is 2.23. The highest BCUT2D eigenvalue weighted by Gasteiger charge is 2.04. The van der Waals surface area contributed by atoms with Crippen LogP contribution in [0.2, 0.25) is 0 Å². The quantitative estimate of drug-likeness (QED) is 0.588. The normalized spacial score (nSPS) is 10.5. The molecule has 5 heteroatoms. The summed E-state index contributed by atoms with van der Waals surface area (Å²) < 4.78 is 5.76. The van der Waals surface area contributed by atoms with E-state index < -0.39 is 0 Å². The lowest BCUT2D eigenvalue weighted by molar-refractivity contribution is 0.415. The summed E-state index contributed by atoms with van der Waals surface area (Å²) >= 11 is 8.88. The molecule has 0 bridgehead atoms. The molecule has 1 heterocycles. The standard InChI is InChI=1S/C12H14N2OS2/c1-15-9-2-3-11-10(6-9)8(7-14-11)4-5-13-12(16)17/h2-3,6-7,14H,4-5H2,1H3,(H2,13,16,17). The van der Waals surface area contributed by atoms with Gasteiger partial charge in [-0.25, -0.2) is 0 Å². The maximum Gasteiger partial charge on any atom is 0.130 e. The first-order chi connectivity index (χ1) is 8.20. The highest BCUT2D eigenvalue weighted by molar-refractivity contribution is 8.11. The van der Waals surface area contributed by atoms with Crippen LogP contribution in [0.4, 0.5) is 0 Å². The van der Waals surface area contributed by atoms with Gasteiger partial charge in [-0.3, -0.25) is 0 Å². The minimum absolute atomic E-state index is 0.530. The number of nitrogens with one attached hydrogen (secondary N) is 2. The molecule has 2 aromatic rings. The molecule has 0 aliphatic heterocycles. The Kier molecular flexibility index (Phi) is 3.91. The molecule has 90 valence electrons. The summed E-state index contributed by atoms with van der Waals surface area (Å²) in [6, 6.07) is 6.01. The number of hydrogen-bond acceptors (Lipinski definition) is 2. The molecule has 0 spiro atoms. The molecule has 0 aliphatic carbocycles. The molecule has 0 unspecified atom stereocenters. The van der Waals surface area contributed by atoms with Crippen molar-refractivity contribution in [1.29, 1.82) is 0 Å². The summed E-state index contributed by atoms with van der Waals surface area (Å²) in [6.45, 7) is 0.784. The van der Waals surface area contributed by atoms with Crippen molar-refractivity contribution in [3.05, 3.63) is 30.0 Å². The van der Waals surface area contributed by atoms with Crippen LogP contribution in [0.25, 0.3) is 10.9 Å². The predicted molar refractivity (Wildman–Crippen MR) is 78.1 cm³/mol. The highest BCUT2D eigenvalue weighted by atomic mass is 32.1. The molecule has 0 atom stereocenters. The van der Waals surface area contributed by atoms with Gasteiger partial charge < -0.3 is 15.0 Å². The van der Waals surface area contributed by atoms with Crippen LogP contribution in [0.3, 0.4) is 0 Å². The van der Waals surface area contributed by atoms with Gasteiger partial charge in [0.05, 0.1) is 7.11 Å². The van der Waals surface area contributed by atoms with Crippen molar-refractivity contribution in [2.75, 3.05) is 13.7 Å². The summed E-state index contributed by atoms with van der Waals surface area (Å²) in [5, 5.41) is 4.22. The van der Waals surface area contributed by atoms with Crippen LogP contribution in [0, 0.1) is 0 Å². The van der Waals surface area contributed by atoms with E-state index in [1.54, 1.807) is 7.11 Å². The van der Waals surface area contributed by atoms with E-state index in [4.69, 9.17) is 17.0 Å². The Hall–Kier alpha value is -1.20. The summed E-state index contributed by atoms with van der Waals surface area (Å²) in [5.74, 6) is 0.871. The zero-order chi connectivity index (χ0) is 12.3. The van der Waals surface area contributed by atoms with E-state index in [1.807, 2.05) is 24.4 Å². The predicted octanol–water partition coefficient (Wildman–Crippen LogP) is 2.52. The van der Waals surface area contributed by atoms with Crippen molar-refractivity contribution in [2.24, 2.45) is 0 Å². The first kappa shape index (κ1) is 12.3. The SMILES string of the molecule is COc1ccc2[nH]cc(CCNC(=S)S)c2c1. The summed E-state index contributed by atoms with van der Waals surface area (Å²) in [6.07, 6.45) is 2.92. The molecule has 2 N–H and O–H groups in total. The second kappa shape index (κ2) is 5.42. The average Bonchev–Trinajstić information content (AvgIpc) is 2.71. The third-order valence-electron chi connectivity index (χ3n) is 2.65. The number of methoxy groups -OCH3 is 1. The smallest absolute Gasteiger partial charge is 0.130 e. The van der Waals surface area contributed by atoms with Crippen molar-refractivity contribution >= 4 is 40.1 Å². The maximum absolute atomic E-state index is 5.23. The van der Waals surface area contributed by atoms with E-state index in [0.717, 1.165) is 24.2 Å². The first-order valence-corrected chi connectivity index (χ1v) is 6.17. The number of benzene rings is 1. The molecule has 17 heavy (non-hydrogen) atoms. The van der Waals surface area contributed by atoms with Crippen molar-refractivity contribution < 1.29 is 4.74 Å². The molecule has 0 aliphatic rings. The van der Waals surface area contributed by atoms with E-state index in [0.29, 0.717) is 4.32 Å². The molecule has 2 rings (SSSR count). The van der Waals surface area contributed by atoms with Crippen LogP contribution in [-0.2, 0) is 6.42 Å². The Labute approximate surface area is 111 Å². The Morgan fingerprint density at radius 1 is 1.53 bits per heavy atom. The topological polar surface area (TPSA) is 37.0 Å². The second-order valence-electron chi connectivity index (χ2n) is 3.71. The van der Waals surface area contributed by atoms with Crippen LogP contribution in [0.1, 0.15) is 5.56 Å². The number of fused-ring (bicyclic) bond motifs is 1. The molecule has 1 aromatic heterocycles. The van der Waals surface area contributed by atoms with E-state index >= 15 is 0 Å². The summed E-state index contributed by atoms with van der Waals surface area (Å²) in [7, 11) is 1.67. The molecule has 0 saturated heterocycles. The molecule has 3 nitrogen and oxygen atoms in total. The minimum Gasteiger partial charge on any atom is -0.497 e. The number of aromatic amines is 1. The lowest BCUT2D eigenvalue weighted by Crippen LogP contribution is -2.19. The Morgan fingerprint density at radius 2 is 2.35 bits per heavy atom. The molecule has 0 radical (unpaired) electrons. The van der Waals surface area contributed by atoms with Crippen LogP contribution in [-0.4, -0.2) is 23.0 Å². The lowest BCUT2D eigenvalue weighted by atomic mass is 10.1. The molecular weight excluding hydrogens is 252 g/mol. The molecule has 1 aromatic carbocycles. The van der Waals surface area contributed by atoms with Crippen molar-refractivity contribution in [3.8, 4) is 5.75 Å².